The Kier molecular flexibility index (Phi) is 6.09. The van der Waals surface area contributed by atoms with E-state index >= 15 is 0 Å². The zero-order valence-corrected chi connectivity index (χ0v) is 15.7. The molecule has 1 aliphatic carbocycles. The van der Waals surface area contributed by atoms with Gasteiger partial charge in [-0.25, -0.2) is 4.39 Å². The molecule has 0 heterocycles. The molecule has 0 radical (unpaired) electrons. The molecule has 2 aromatic carbocycles. The lowest BCUT2D eigenvalue weighted by atomic mass is 9.62. The minimum absolute atomic E-state index is 0.0526. The van der Waals surface area contributed by atoms with Crippen LogP contribution in [-0.4, -0.2) is 0 Å². The van der Waals surface area contributed by atoms with Crippen LogP contribution in [0.1, 0.15) is 75.0 Å². The van der Waals surface area contributed by atoms with Gasteiger partial charge in [-0.2, -0.15) is 5.26 Å². The summed E-state index contributed by atoms with van der Waals surface area (Å²) < 4.78 is 13.5. The Morgan fingerprint density at radius 2 is 1.54 bits per heavy atom. The van der Waals surface area contributed by atoms with Gasteiger partial charge in [0, 0.05) is 5.41 Å². The van der Waals surface area contributed by atoms with Gasteiger partial charge in [0.05, 0.1) is 11.6 Å². The second kappa shape index (κ2) is 8.49. The summed E-state index contributed by atoms with van der Waals surface area (Å²) in [6, 6.07) is 17.3. The second-order valence-corrected chi connectivity index (χ2v) is 7.72. The van der Waals surface area contributed by atoms with E-state index in [2.05, 4.69) is 25.1 Å². The van der Waals surface area contributed by atoms with Gasteiger partial charge < -0.3 is 0 Å². The molecule has 0 N–H and O–H groups in total. The first-order valence-electron chi connectivity index (χ1n) is 9.94. The fourth-order valence-electron chi connectivity index (χ4n) is 4.52. The maximum Gasteiger partial charge on any atom is 0.123 e. The topological polar surface area (TPSA) is 23.8 Å². The van der Waals surface area contributed by atoms with E-state index in [0.29, 0.717) is 5.56 Å². The molecule has 1 saturated carbocycles. The van der Waals surface area contributed by atoms with Gasteiger partial charge in [-0.3, -0.25) is 0 Å². The molecule has 1 fully saturated rings. The van der Waals surface area contributed by atoms with E-state index in [9.17, 15) is 4.39 Å². The highest BCUT2D eigenvalue weighted by molar-refractivity contribution is 5.43. The number of unbranched alkanes of at least 4 members (excludes halogenated alkanes) is 2. The number of nitrogens with zero attached hydrogens (tertiary/aromatic N) is 1. The Hall–Kier alpha value is -2.14. The molecule has 0 bridgehead atoms. The predicted molar refractivity (Wildman–Crippen MR) is 104 cm³/mol. The molecule has 2 heteroatoms. The van der Waals surface area contributed by atoms with Gasteiger partial charge in [0.2, 0.25) is 0 Å². The summed E-state index contributed by atoms with van der Waals surface area (Å²) in [4.78, 5) is 0. The van der Waals surface area contributed by atoms with Crippen molar-refractivity contribution in [2.45, 2.75) is 63.7 Å². The molecule has 0 spiro atoms. The molecule has 0 aromatic heterocycles. The third-order valence-corrected chi connectivity index (χ3v) is 6.14. The number of hydrogen-bond acceptors (Lipinski definition) is 1. The fraction of sp³-hybridized carbons (Fsp3) is 0.458. The zero-order valence-electron chi connectivity index (χ0n) is 15.7. The largest absolute Gasteiger partial charge is 0.207 e. The van der Waals surface area contributed by atoms with Crippen molar-refractivity contribution in [1.82, 2.24) is 0 Å². The highest BCUT2D eigenvalue weighted by Gasteiger charge is 2.38. The maximum atomic E-state index is 13.5. The summed E-state index contributed by atoms with van der Waals surface area (Å²) in [5.41, 5.74) is 3.10. The zero-order chi connectivity index (χ0) is 18.4. The Morgan fingerprint density at radius 1 is 0.962 bits per heavy atom. The number of rotatable bonds is 6. The minimum Gasteiger partial charge on any atom is -0.207 e. The minimum atomic E-state index is -0.183. The highest BCUT2D eigenvalue weighted by Crippen LogP contribution is 2.47. The van der Waals surface area contributed by atoms with Crippen molar-refractivity contribution in [3.05, 3.63) is 71.0 Å². The summed E-state index contributed by atoms with van der Waals surface area (Å²) >= 11 is 0. The van der Waals surface area contributed by atoms with Crippen LogP contribution >= 0.6 is 0 Å². The number of halogens is 1. The van der Waals surface area contributed by atoms with Gasteiger partial charge in [-0.1, -0.05) is 56.9 Å². The molecule has 0 saturated heterocycles. The van der Waals surface area contributed by atoms with Crippen LogP contribution in [0, 0.1) is 23.1 Å². The van der Waals surface area contributed by atoms with Crippen molar-refractivity contribution in [2.75, 3.05) is 0 Å². The first kappa shape index (κ1) is 18.6. The van der Waals surface area contributed by atoms with Crippen LogP contribution in [0.5, 0.6) is 0 Å². The van der Waals surface area contributed by atoms with Crippen LogP contribution < -0.4 is 0 Å². The Balaban J connectivity index is 1.86. The highest BCUT2D eigenvalue weighted by atomic mass is 19.1. The van der Waals surface area contributed by atoms with Crippen molar-refractivity contribution >= 4 is 0 Å². The molecule has 2 aromatic rings. The summed E-state index contributed by atoms with van der Waals surface area (Å²) in [6.07, 6.45) is 9.92. The van der Waals surface area contributed by atoms with Crippen LogP contribution in [0.25, 0.3) is 0 Å². The van der Waals surface area contributed by atoms with Gasteiger partial charge in [0.15, 0.2) is 0 Å². The quantitative estimate of drug-likeness (QED) is 0.529. The van der Waals surface area contributed by atoms with Crippen LogP contribution in [0.3, 0.4) is 0 Å². The van der Waals surface area contributed by atoms with E-state index in [4.69, 9.17) is 5.26 Å². The molecule has 136 valence electrons. The lowest BCUT2D eigenvalue weighted by Gasteiger charge is -2.41. The molecule has 3 rings (SSSR count). The summed E-state index contributed by atoms with van der Waals surface area (Å²) in [7, 11) is 0. The van der Waals surface area contributed by atoms with Crippen molar-refractivity contribution in [3.63, 3.8) is 0 Å². The standard InChI is InChI=1S/C24H28FN/c1-2-3-4-5-19-14-16-24(17-15-19,22-10-12-23(25)13-11-22)21-8-6-20(18-26)7-9-21/h6-13,19H,2-5,14-17H2,1H3/t19-,24+. The van der Waals surface area contributed by atoms with E-state index < -0.39 is 0 Å². The summed E-state index contributed by atoms with van der Waals surface area (Å²) in [5.74, 6) is 0.630. The van der Waals surface area contributed by atoms with Crippen LogP contribution in [0.15, 0.2) is 48.5 Å². The number of nitriles is 1. The predicted octanol–water partition coefficient (Wildman–Crippen LogP) is 6.75. The molecule has 1 aliphatic rings. The van der Waals surface area contributed by atoms with E-state index in [1.54, 1.807) is 12.1 Å². The van der Waals surface area contributed by atoms with E-state index in [1.807, 2.05) is 24.3 Å². The first-order valence-corrected chi connectivity index (χ1v) is 9.94. The SMILES string of the molecule is CCCCC[C@H]1CC[C@](c2ccc(F)cc2)(c2ccc(C#N)cc2)CC1. The molecular weight excluding hydrogens is 321 g/mol. The normalized spacial score (nSPS) is 22.7. The molecule has 0 aliphatic heterocycles. The monoisotopic (exact) mass is 349 g/mol. The second-order valence-electron chi connectivity index (χ2n) is 7.72. The van der Waals surface area contributed by atoms with Crippen molar-refractivity contribution in [3.8, 4) is 6.07 Å². The van der Waals surface area contributed by atoms with Gasteiger partial charge >= 0.3 is 0 Å². The van der Waals surface area contributed by atoms with Gasteiger partial charge in [-0.05, 0) is 67.0 Å². The maximum absolute atomic E-state index is 13.5. The fourth-order valence-corrected chi connectivity index (χ4v) is 4.52. The lowest BCUT2D eigenvalue weighted by molar-refractivity contribution is 0.250. The Labute approximate surface area is 156 Å². The van der Waals surface area contributed by atoms with Gasteiger partial charge in [-0.15, -0.1) is 0 Å². The molecule has 1 nitrogen and oxygen atoms in total. The summed E-state index contributed by atoms with van der Waals surface area (Å²) in [5, 5.41) is 9.10. The van der Waals surface area contributed by atoms with E-state index in [0.717, 1.165) is 18.8 Å². The third-order valence-electron chi connectivity index (χ3n) is 6.14. The molecule has 0 atom stereocenters. The molecular formula is C24H28FN. The van der Waals surface area contributed by atoms with Crippen molar-refractivity contribution in [2.24, 2.45) is 5.92 Å². The van der Waals surface area contributed by atoms with Gasteiger partial charge in [0.25, 0.3) is 0 Å². The first-order chi connectivity index (χ1) is 12.7. The lowest BCUT2D eigenvalue weighted by Crippen LogP contribution is -2.33. The van der Waals surface area contributed by atoms with Crippen LogP contribution in [-0.2, 0) is 5.41 Å². The average Bonchev–Trinajstić information content (AvgIpc) is 2.69. The Morgan fingerprint density at radius 3 is 2.08 bits per heavy atom. The molecule has 0 amide bonds. The van der Waals surface area contributed by atoms with Crippen LogP contribution in [0.2, 0.25) is 0 Å². The number of benzene rings is 2. The van der Waals surface area contributed by atoms with Crippen LogP contribution in [0.4, 0.5) is 4.39 Å². The van der Waals surface area contributed by atoms with Crippen molar-refractivity contribution < 1.29 is 4.39 Å². The third kappa shape index (κ3) is 3.98. The Bertz CT molecular complexity index is 731. The molecule has 26 heavy (non-hydrogen) atoms. The van der Waals surface area contributed by atoms with Crippen molar-refractivity contribution in [1.29, 1.82) is 5.26 Å². The van der Waals surface area contributed by atoms with Gasteiger partial charge in [0.1, 0.15) is 5.82 Å². The number of hydrogen-bond donors (Lipinski definition) is 0. The average molecular weight is 349 g/mol. The summed E-state index contributed by atoms with van der Waals surface area (Å²) in [6.45, 7) is 2.26. The smallest absolute Gasteiger partial charge is 0.123 e. The van der Waals surface area contributed by atoms with E-state index in [-0.39, 0.29) is 11.2 Å². The van der Waals surface area contributed by atoms with E-state index in [1.165, 1.54) is 49.7 Å². The molecule has 0 unspecified atom stereocenters.